The van der Waals surface area contributed by atoms with E-state index in [0.29, 0.717) is 17.5 Å². The Morgan fingerprint density at radius 3 is 1.31 bits per heavy atom. The molecule has 68 heavy (non-hydrogen) atoms. The molecular weight excluding hydrogens is 827 g/mol. The molecule has 0 unspecified atom stereocenters. The number of fused-ring (bicyclic) bond motifs is 6. The van der Waals surface area contributed by atoms with Crippen LogP contribution in [0.15, 0.2) is 237 Å². The van der Waals surface area contributed by atoms with E-state index >= 15 is 0 Å². The minimum atomic E-state index is 0.606. The van der Waals surface area contributed by atoms with Gasteiger partial charge in [0.2, 0.25) is 0 Å². The lowest BCUT2D eigenvalue weighted by molar-refractivity contribution is 1.04. The Kier molecular flexibility index (Phi) is 9.57. The highest BCUT2D eigenvalue weighted by Gasteiger charge is 2.25. The second-order valence-corrected chi connectivity index (χ2v) is 17.5. The molecule has 0 N–H and O–H groups in total. The van der Waals surface area contributed by atoms with E-state index in [0.717, 1.165) is 74.2 Å². The molecule has 0 saturated heterocycles. The van der Waals surface area contributed by atoms with Gasteiger partial charge in [-0.1, -0.05) is 188 Å². The van der Waals surface area contributed by atoms with Crippen molar-refractivity contribution in [3.05, 3.63) is 242 Å². The maximum atomic E-state index is 5.33. The van der Waals surface area contributed by atoms with Gasteiger partial charge in [-0.25, -0.2) is 15.0 Å². The largest absolute Gasteiger partial charge is 0.309 e. The summed E-state index contributed by atoms with van der Waals surface area (Å²) in [5.41, 5.74) is 16.4. The minimum absolute atomic E-state index is 0.606. The minimum Gasteiger partial charge on any atom is -0.309 e. The highest BCUT2D eigenvalue weighted by atomic mass is 15.0. The Morgan fingerprint density at radius 2 is 0.765 bits per heavy atom. The summed E-state index contributed by atoms with van der Waals surface area (Å²) >= 11 is 0. The van der Waals surface area contributed by atoms with Gasteiger partial charge in [-0.05, 0) is 83.6 Å². The molecule has 12 aromatic rings. The average molecular weight is 870 g/mol. The fourth-order valence-corrected chi connectivity index (χ4v) is 10.2. The number of para-hydroxylation sites is 3. The fraction of sp³-hybridized carbons (Fsp3) is 0.0317. The van der Waals surface area contributed by atoms with Crippen LogP contribution >= 0.6 is 0 Å². The quantitative estimate of drug-likeness (QED) is 0.153. The molecule has 0 amide bonds. The lowest BCUT2D eigenvalue weighted by atomic mass is 9.92. The number of rotatable bonds is 8. The van der Waals surface area contributed by atoms with E-state index in [9.17, 15) is 0 Å². The third-order valence-electron chi connectivity index (χ3n) is 13.4. The number of hydrogen-bond acceptors (Lipinski definition) is 3. The molecule has 13 rings (SSSR count). The van der Waals surface area contributed by atoms with Crippen molar-refractivity contribution in [1.82, 2.24) is 24.1 Å². The first-order valence-corrected chi connectivity index (χ1v) is 23.3. The summed E-state index contributed by atoms with van der Waals surface area (Å²) in [6.07, 6.45) is 8.92. The zero-order valence-corrected chi connectivity index (χ0v) is 37.2. The molecule has 1 aliphatic carbocycles. The molecule has 0 saturated carbocycles. The lowest BCUT2D eigenvalue weighted by Gasteiger charge is -2.21. The Hall–Kier alpha value is -8.93. The number of allylic oxidation sites excluding steroid dienone is 4. The molecule has 5 nitrogen and oxygen atoms in total. The molecule has 0 aliphatic heterocycles. The van der Waals surface area contributed by atoms with Crippen LogP contribution in [-0.2, 0) is 0 Å². The fourth-order valence-electron chi connectivity index (χ4n) is 10.2. The van der Waals surface area contributed by atoms with E-state index < -0.39 is 0 Å². The van der Waals surface area contributed by atoms with Crippen molar-refractivity contribution in [3.63, 3.8) is 0 Å². The summed E-state index contributed by atoms with van der Waals surface area (Å²) < 4.78 is 4.91. The summed E-state index contributed by atoms with van der Waals surface area (Å²) in [5, 5.41) is 4.79. The van der Waals surface area contributed by atoms with Crippen LogP contribution in [0.4, 0.5) is 0 Å². The molecule has 0 atom stereocenters. The van der Waals surface area contributed by atoms with Gasteiger partial charge in [0.15, 0.2) is 17.5 Å². The molecule has 320 valence electrons. The van der Waals surface area contributed by atoms with Gasteiger partial charge in [-0.15, -0.1) is 0 Å². The van der Waals surface area contributed by atoms with Crippen LogP contribution in [0.5, 0.6) is 0 Å². The maximum Gasteiger partial charge on any atom is 0.164 e. The first kappa shape index (κ1) is 39.4. The van der Waals surface area contributed by atoms with E-state index in [1.807, 2.05) is 18.2 Å². The van der Waals surface area contributed by atoms with Crippen LogP contribution in [-0.4, -0.2) is 24.1 Å². The topological polar surface area (TPSA) is 48.5 Å². The van der Waals surface area contributed by atoms with Crippen LogP contribution < -0.4 is 0 Å². The molecule has 3 aromatic heterocycles. The van der Waals surface area contributed by atoms with Gasteiger partial charge in [0.05, 0.1) is 27.8 Å². The Labute approximate surface area is 394 Å². The molecule has 3 heterocycles. The van der Waals surface area contributed by atoms with Gasteiger partial charge in [-0.2, -0.15) is 0 Å². The van der Waals surface area contributed by atoms with E-state index in [1.165, 1.54) is 43.7 Å². The van der Waals surface area contributed by atoms with Crippen molar-refractivity contribution >= 4 is 49.2 Å². The molecule has 0 bridgehead atoms. The van der Waals surface area contributed by atoms with E-state index in [2.05, 4.69) is 228 Å². The van der Waals surface area contributed by atoms with Gasteiger partial charge in [0, 0.05) is 55.0 Å². The van der Waals surface area contributed by atoms with Gasteiger partial charge >= 0.3 is 0 Å². The van der Waals surface area contributed by atoms with Gasteiger partial charge in [0.1, 0.15) is 0 Å². The molecule has 0 spiro atoms. The molecule has 0 radical (unpaired) electrons. The average Bonchev–Trinajstić information content (AvgIpc) is 3.92. The van der Waals surface area contributed by atoms with E-state index in [4.69, 9.17) is 15.0 Å². The third-order valence-corrected chi connectivity index (χ3v) is 13.4. The van der Waals surface area contributed by atoms with Crippen molar-refractivity contribution in [2.45, 2.75) is 12.8 Å². The highest BCUT2D eigenvalue weighted by Crippen LogP contribution is 2.46. The third kappa shape index (κ3) is 6.75. The summed E-state index contributed by atoms with van der Waals surface area (Å²) in [6.45, 7) is 0. The van der Waals surface area contributed by atoms with Crippen LogP contribution in [0, 0.1) is 0 Å². The normalized spacial score (nSPS) is 12.6. The van der Waals surface area contributed by atoms with Crippen LogP contribution in [0.1, 0.15) is 18.4 Å². The summed E-state index contributed by atoms with van der Waals surface area (Å²) in [6, 6.07) is 78.1. The first-order valence-electron chi connectivity index (χ1n) is 23.3. The second-order valence-electron chi connectivity index (χ2n) is 17.5. The number of aromatic nitrogens is 5. The predicted molar refractivity (Wildman–Crippen MR) is 282 cm³/mol. The maximum absolute atomic E-state index is 5.33. The molecule has 5 heteroatoms. The summed E-state index contributed by atoms with van der Waals surface area (Å²) in [4.78, 5) is 15.8. The van der Waals surface area contributed by atoms with Gasteiger partial charge in [0.25, 0.3) is 0 Å². The Balaban J connectivity index is 1.10. The SMILES string of the molecule is C1=CC(c2ccc(-c3nc(-c4ccccc4)nc(-c4cc(-c5ccccc5)c(-n5c6ccccc6c6cc7c(cc65)c5ccccc5n7-c5ccccc5)c(-c5ccccc5)c4)n3)cc2)=CCC1. The standard InChI is InChI=1S/C63H43N5/c1-6-20-42(21-7-1)43-34-36-47(37-35-43)62-64-61(46-26-12-4-13-27-46)65-63(66-62)48-38-52(44-22-8-2-9-23-44)60(53(39-48)45-24-10-3-11-25-45)68-57-33-19-17-31-51(57)55-40-58-54(41-59(55)68)50-30-16-18-32-56(50)67(58)49-28-14-5-15-29-49/h2-6,8-41H,1,7H2. The zero-order valence-electron chi connectivity index (χ0n) is 37.2. The monoisotopic (exact) mass is 869 g/mol. The molecule has 1 aliphatic rings. The molecule has 9 aromatic carbocycles. The number of hydrogen-bond donors (Lipinski definition) is 0. The van der Waals surface area contributed by atoms with Gasteiger partial charge in [-0.3, -0.25) is 0 Å². The Morgan fingerprint density at radius 1 is 0.324 bits per heavy atom. The molecule has 0 fully saturated rings. The van der Waals surface area contributed by atoms with Crippen molar-refractivity contribution in [2.75, 3.05) is 0 Å². The summed E-state index contributed by atoms with van der Waals surface area (Å²) in [7, 11) is 0. The first-order chi connectivity index (χ1) is 33.7. The zero-order chi connectivity index (χ0) is 45.0. The second kappa shape index (κ2) is 16.5. The molecular formula is C63H43N5. The van der Waals surface area contributed by atoms with E-state index in [1.54, 1.807) is 0 Å². The van der Waals surface area contributed by atoms with Crippen LogP contribution in [0.3, 0.4) is 0 Å². The smallest absolute Gasteiger partial charge is 0.164 e. The number of nitrogens with zero attached hydrogens (tertiary/aromatic N) is 5. The van der Waals surface area contributed by atoms with Crippen LogP contribution in [0.25, 0.3) is 117 Å². The Bertz CT molecular complexity index is 3860. The predicted octanol–water partition coefficient (Wildman–Crippen LogP) is 16.1. The van der Waals surface area contributed by atoms with Crippen molar-refractivity contribution in [2.24, 2.45) is 0 Å². The van der Waals surface area contributed by atoms with Crippen LogP contribution in [0.2, 0.25) is 0 Å². The lowest BCUT2D eigenvalue weighted by Crippen LogP contribution is -2.04. The van der Waals surface area contributed by atoms with Gasteiger partial charge < -0.3 is 9.13 Å². The van der Waals surface area contributed by atoms with E-state index in [-0.39, 0.29) is 0 Å². The van der Waals surface area contributed by atoms with Crippen molar-refractivity contribution in [3.8, 4) is 67.8 Å². The highest BCUT2D eigenvalue weighted by molar-refractivity contribution is 6.19. The van der Waals surface area contributed by atoms with Crippen molar-refractivity contribution < 1.29 is 0 Å². The summed E-state index contributed by atoms with van der Waals surface area (Å²) in [5.74, 6) is 1.86. The number of benzene rings is 9. The van der Waals surface area contributed by atoms with Crippen molar-refractivity contribution in [1.29, 1.82) is 0 Å².